The van der Waals surface area contributed by atoms with Crippen LogP contribution in [0.25, 0.3) is 21.8 Å². The lowest BCUT2D eigenvalue weighted by molar-refractivity contribution is 0.0948. The van der Waals surface area contributed by atoms with E-state index in [4.69, 9.17) is 0 Å². The number of rotatable bonds is 3. The van der Waals surface area contributed by atoms with Gasteiger partial charge in [0.15, 0.2) is 5.69 Å². The highest BCUT2D eigenvalue weighted by Crippen LogP contribution is 2.29. The smallest absolute Gasteiger partial charge is 0.272 e. The molecule has 1 aromatic carbocycles. The average Bonchev–Trinajstić information content (AvgIpc) is 3.23. The molecule has 3 aromatic rings. The number of fused-ring (bicyclic) bond motifs is 3. The van der Waals surface area contributed by atoms with Crippen LogP contribution >= 0.6 is 0 Å². The maximum Gasteiger partial charge on any atom is 0.272 e. The SMILES string of the molecule is O=C(NCC1CC1)c1nccc2c1[nH]c1cc(F)ccc12. The van der Waals surface area contributed by atoms with Crippen LogP contribution in [0, 0.1) is 11.7 Å². The van der Waals surface area contributed by atoms with Gasteiger partial charge in [0.1, 0.15) is 5.82 Å². The van der Waals surface area contributed by atoms with E-state index < -0.39 is 0 Å². The number of nitrogens with zero attached hydrogens (tertiary/aromatic N) is 1. The second-order valence-electron chi connectivity index (χ2n) is 5.55. The van der Waals surface area contributed by atoms with Crippen LogP contribution in [0.5, 0.6) is 0 Å². The average molecular weight is 283 g/mol. The van der Waals surface area contributed by atoms with E-state index in [1.54, 1.807) is 12.3 Å². The van der Waals surface area contributed by atoms with Crippen LogP contribution in [-0.4, -0.2) is 22.4 Å². The largest absolute Gasteiger partial charge is 0.352 e. The monoisotopic (exact) mass is 283 g/mol. The molecule has 0 bridgehead atoms. The van der Waals surface area contributed by atoms with Crippen LogP contribution in [0.3, 0.4) is 0 Å². The quantitative estimate of drug-likeness (QED) is 0.776. The maximum atomic E-state index is 13.3. The summed E-state index contributed by atoms with van der Waals surface area (Å²) in [6.45, 7) is 0.700. The fraction of sp³-hybridized carbons (Fsp3) is 0.250. The minimum atomic E-state index is -0.304. The first-order chi connectivity index (χ1) is 10.2. The van der Waals surface area contributed by atoms with Gasteiger partial charge in [0.05, 0.1) is 5.52 Å². The fourth-order valence-electron chi connectivity index (χ4n) is 2.62. The molecule has 0 radical (unpaired) electrons. The zero-order chi connectivity index (χ0) is 14.4. The molecule has 0 saturated heterocycles. The van der Waals surface area contributed by atoms with Gasteiger partial charge in [0.2, 0.25) is 0 Å². The summed E-state index contributed by atoms with van der Waals surface area (Å²) in [4.78, 5) is 19.6. The van der Waals surface area contributed by atoms with Gasteiger partial charge >= 0.3 is 0 Å². The molecule has 2 N–H and O–H groups in total. The van der Waals surface area contributed by atoms with Crippen LogP contribution in [0.2, 0.25) is 0 Å². The molecular weight excluding hydrogens is 269 g/mol. The van der Waals surface area contributed by atoms with Crippen molar-refractivity contribution in [2.24, 2.45) is 5.92 Å². The zero-order valence-corrected chi connectivity index (χ0v) is 11.3. The second kappa shape index (κ2) is 4.55. The molecule has 21 heavy (non-hydrogen) atoms. The zero-order valence-electron chi connectivity index (χ0n) is 11.3. The van der Waals surface area contributed by atoms with E-state index in [-0.39, 0.29) is 11.7 Å². The number of halogens is 1. The summed E-state index contributed by atoms with van der Waals surface area (Å²) < 4.78 is 13.3. The molecule has 0 unspecified atom stereocenters. The molecule has 0 spiro atoms. The second-order valence-corrected chi connectivity index (χ2v) is 5.55. The van der Waals surface area contributed by atoms with Gasteiger partial charge in [-0.1, -0.05) is 0 Å². The number of carbonyl (C=O) groups excluding carboxylic acids is 1. The molecule has 1 aliphatic carbocycles. The molecule has 0 aliphatic heterocycles. The lowest BCUT2D eigenvalue weighted by atomic mass is 10.1. The van der Waals surface area contributed by atoms with E-state index in [9.17, 15) is 9.18 Å². The lowest BCUT2D eigenvalue weighted by Gasteiger charge is -2.04. The normalized spacial score (nSPS) is 14.7. The molecule has 2 aromatic heterocycles. The number of aromatic amines is 1. The number of aromatic nitrogens is 2. The van der Waals surface area contributed by atoms with Gasteiger partial charge in [-0.15, -0.1) is 0 Å². The highest BCUT2D eigenvalue weighted by atomic mass is 19.1. The Balaban J connectivity index is 1.80. The van der Waals surface area contributed by atoms with Gasteiger partial charge in [0, 0.05) is 29.0 Å². The fourth-order valence-corrected chi connectivity index (χ4v) is 2.62. The summed E-state index contributed by atoms with van der Waals surface area (Å²) in [5, 5.41) is 4.69. The van der Waals surface area contributed by atoms with E-state index in [1.807, 2.05) is 6.07 Å². The lowest BCUT2D eigenvalue weighted by Crippen LogP contribution is -2.26. The van der Waals surface area contributed by atoms with Crippen molar-refractivity contribution in [1.29, 1.82) is 0 Å². The summed E-state index contributed by atoms with van der Waals surface area (Å²) in [5.74, 6) is 0.131. The molecule has 106 valence electrons. The van der Waals surface area contributed by atoms with E-state index in [0.717, 1.165) is 10.8 Å². The van der Waals surface area contributed by atoms with Crippen molar-refractivity contribution >= 4 is 27.7 Å². The Bertz CT molecular complexity index is 851. The molecule has 1 aliphatic rings. The molecule has 1 saturated carbocycles. The molecule has 4 rings (SSSR count). The first-order valence-electron chi connectivity index (χ1n) is 7.06. The predicted octanol–water partition coefficient (Wildman–Crippen LogP) is 3.00. The standard InChI is InChI=1S/C16H14FN3O/c17-10-3-4-11-12-5-6-18-15(14(12)20-13(11)7-10)16(21)19-8-9-1-2-9/h3-7,9,20H,1-2,8H2,(H,19,21). The van der Waals surface area contributed by atoms with Crippen LogP contribution in [0.15, 0.2) is 30.5 Å². The van der Waals surface area contributed by atoms with Gasteiger partial charge in [-0.3, -0.25) is 4.79 Å². The number of hydrogen-bond acceptors (Lipinski definition) is 2. The number of benzene rings is 1. The number of nitrogens with one attached hydrogen (secondary N) is 2. The summed E-state index contributed by atoms with van der Waals surface area (Å²) in [7, 11) is 0. The van der Waals surface area contributed by atoms with Gasteiger partial charge in [0.25, 0.3) is 5.91 Å². The van der Waals surface area contributed by atoms with Crippen molar-refractivity contribution in [1.82, 2.24) is 15.3 Å². The molecule has 5 heteroatoms. The topological polar surface area (TPSA) is 57.8 Å². The molecule has 2 heterocycles. The number of amides is 1. The van der Waals surface area contributed by atoms with E-state index in [1.165, 1.54) is 25.0 Å². The Morgan fingerprint density at radius 3 is 3.00 bits per heavy atom. The highest BCUT2D eigenvalue weighted by molar-refractivity contribution is 6.13. The minimum Gasteiger partial charge on any atom is -0.352 e. The van der Waals surface area contributed by atoms with Crippen molar-refractivity contribution in [3.05, 3.63) is 42.0 Å². The third kappa shape index (κ3) is 2.14. The van der Waals surface area contributed by atoms with Gasteiger partial charge < -0.3 is 10.3 Å². The Morgan fingerprint density at radius 2 is 2.19 bits per heavy atom. The molecular formula is C16H14FN3O. The number of pyridine rings is 1. The van der Waals surface area contributed by atoms with E-state index >= 15 is 0 Å². The van der Waals surface area contributed by atoms with Gasteiger partial charge in [-0.2, -0.15) is 0 Å². The van der Waals surface area contributed by atoms with Crippen LogP contribution < -0.4 is 5.32 Å². The summed E-state index contributed by atoms with van der Waals surface area (Å²) in [6, 6.07) is 6.41. The van der Waals surface area contributed by atoms with Crippen LogP contribution in [0.1, 0.15) is 23.3 Å². The van der Waals surface area contributed by atoms with Gasteiger partial charge in [-0.25, -0.2) is 9.37 Å². The Morgan fingerprint density at radius 1 is 1.33 bits per heavy atom. The van der Waals surface area contributed by atoms with Crippen molar-refractivity contribution in [2.75, 3.05) is 6.54 Å². The molecule has 1 amide bonds. The Kier molecular flexibility index (Phi) is 2.67. The molecule has 0 atom stereocenters. The number of hydrogen-bond donors (Lipinski definition) is 2. The first kappa shape index (κ1) is 12.3. The van der Waals surface area contributed by atoms with Crippen LogP contribution in [0.4, 0.5) is 4.39 Å². The van der Waals surface area contributed by atoms with Crippen molar-refractivity contribution in [3.63, 3.8) is 0 Å². The van der Waals surface area contributed by atoms with Crippen molar-refractivity contribution < 1.29 is 9.18 Å². The first-order valence-corrected chi connectivity index (χ1v) is 7.06. The van der Waals surface area contributed by atoms with E-state index in [2.05, 4.69) is 15.3 Å². The number of carbonyl (C=O) groups is 1. The Labute approximate surface area is 120 Å². The summed E-state index contributed by atoms with van der Waals surface area (Å²) >= 11 is 0. The van der Waals surface area contributed by atoms with E-state index in [0.29, 0.717) is 29.2 Å². The number of H-pyrrole nitrogens is 1. The third-order valence-electron chi connectivity index (χ3n) is 3.95. The summed E-state index contributed by atoms with van der Waals surface area (Å²) in [5.41, 5.74) is 1.70. The molecule has 1 fully saturated rings. The van der Waals surface area contributed by atoms with Crippen molar-refractivity contribution in [2.45, 2.75) is 12.8 Å². The predicted molar refractivity (Wildman–Crippen MR) is 78.6 cm³/mol. The highest BCUT2D eigenvalue weighted by Gasteiger charge is 2.23. The third-order valence-corrected chi connectivity index (χ3v) is 3.95. The maximum absolute atomic E-state index is 13.3. The summed E-state index contributed by atoms with van der Waals surface area (Å²) in [6.07, 6.45) is 3.98. The van der Waals surface area contributed by atoms with Gasteiger partial charge in [-0.05, 0) is 43.0 Å². The molecule has 4 nitrogen and oxygen atoms in total. The minimum absolute atomic E-state index is 0.181. The van der Waals surface area contributed by atoms with Crippen LogP contribution in [-0.2, 0) is 0 Å². The Hall–Kier alpha value is -2.43. The van der Waals surface area contributed by atoms with Crippen molar-refractivity contribution in [3.8, 4) is 0 Å².